The van der Waals surface area contributed by atoms with Gasteiger partial charge in [0.2, 0.25) is 10.0 Å². The number of benzene rings is 2. The van der Waals surface area contributed by atoms with Crippen LogP contribution in [0.2, 0.25) is 0 Å². The SMILES string of the molecule is CCOc1ccc(OCCC(=O)O[C@H](C)C(=O)Nc2cc(S(=O)(=O)N(C)C)ccc2C)cc1. The average Bonchev–Trinajstić information content (AvgIpc) is 2.76. The Morgan fingerprint density at radius 3 is 2.21 bits per heavy atom. The van der Waals surface area contributed by atoms with Gasteiger partial charge in [-0.25, -0.2) is 12.7 Å². The number of hydrogen-bond donors (Lipinski definition) is 1. The molecule has 0 aliphatic heterocycles. The summed E-state index contributed by atoms with van der Waals surface area (Å²) in [6.45, 7) is 5.72. The van der Waals surface area contributed by atoms with Gasteiger partial charge in [0.15, 0.2) is 6.10 Å². The number of sulfonamides is 1. The molecule has 1 atom stereocenters. The first kappa shape index (κ1) is 26.1. The zero-order chi connectivity index (χ0) is 24.6. The molecule has 2 aromatic carbocycles. The van der Waals surface area contributed by atoms with Crippen LogP contribution in [0.15, 0.2) is 47.4 Å². The molecule has 10 heteroatoms. The molecule has 0 bridgehead atoms. The summed E-state index contributed by atoms with van der Waals surface area (Å²) in [5.74, 6) is 0.145. The van der Waals surface area contributed by atoms with Crippen molar-refractivity contribution in [2.45, 2.75) is 38.2 Å². The molecule has 0 heterocycles. The molecule has 0 radical (unpaired) electrons. The van der Waals surface area contributed by atoms with Crippen molar-refractivity contribution in [2.75, 3.05) is 32.6 Å². The highest BCUT2D eigenvalue weighted by atomic mass is 32.2. The molecular weight excluding hydrogens is 448 g/mol. The maximum atomic E-state index is 12.5. The van der Waals surface area contributed by atoms with Gasteiger partial charge in [0.25, 0.3) is 5.91 Å². The number of esters is 1. The van der Waals surface area contributed by atoms with Crippen LogP contribution in [0.5, 0.6) is 11.5 Å². The fraction of sp³-hybridized carbons (Fsp3) is 0.391. The van der Waals surface area contributed by atoms with Crippen LogP contribution in [0.1, 0.15) is 25.8 Å². The van der Waals surface area contributed by atoms with E-state index in [9.17, 15) is 18.0 Å². The number of anilines is 1. The highest BCUT2D eigenvalue weighted by molar-refractivity contribution is 7.89. The smallest absolute Gasteiger partial charge is 0.310 e. The second-order valence-electron chi connectivity index (χ2n) is 7.39. The van der Waals surface area contributed by atoms with E-state index in [1.165, 1.54) is 33.2 Å². The van der Waals surface area contributed by atoms with Crippen molar-refractivity contribution < 1.29 is 32.2 Å². The van der Waals surface area contributed by atoms with Crippen LogP contribution in [0.3, 0.4) is 0 Å². The summed E-state index contributed by atoms with van der Waals surface area (Å²) in [6.07, 6.45) is -1.11. The van der Waals surface area contributed by atoms with E-state index in [0.717, 1.165) is 10.1 Å². The third-order valence-corrected chi connectivity index (χ3v) is 6.44. The summed E-state index contributed by atoms with van der Waals surface area (Å²) in [5, 5.41) is 2.62. The average molecular weight is 479 g/mol. The number of amides is 1. The first-order valence-electron chi connectivity index (χ1n) is 10.4. The number of nitrogens with zero attached hydrogens (tertiary/aromatic N) is 1. The number of ether oxygens (including phenoxy) is 3. The molecule has 0 saturated heterocycles. The highest BCUT2D eigenvalue weighted by Gasteiger charge is 2.21. The lowest BCUT2D eigenvalue weighted by molar-refractivity contribution is -0.153. The van der Waals surface area contributed by atoms with E-state index in [0.29, 0.717) is 23.6 Å². The van der Waals surface area contributed by atoms with Crippen molar-refractivity contribution in [1.82, 2.24) is 4.31 Å². The maximum absolute atomic E-state index is 12.5. The summed E-state index contributed by atoms with van der Waals surface area (Å²) in [7, 11) is -0.804. The number of nitrogens with one attached hydrogen (secondary N) is 1. The van der Waals surface area contributed by atoms with Gasteiger partial charge in [-0.15, -0.1) is 0 Å². The second-order valence-corrected chi connectivity index (χ2v) is 9.54. The molecule has 2 aromatic rings. The second kappa shape index (κ2) is 11.7. The van der Waals surface area contributed by atoms with Gasteiger partial charge in [-0.2, -0.15) is 0 Å². The number of carbonyl (C=O) groups is 2. The highest BCUT2D eigenvalue weighted by Crippen LogP contribution is 2.22. The first-order chi connectivity index (χ1) is 15.5. The summed E-state index contributed by atoms with van der Waals surface area (Å²) < 4.78 is 41.8. The minimum absolute atomic E-state index is 0.0412. The number of carbonyl (C=O) groups excluding carboxylic acids is 2. The fourth-order valence-corrected chi connectivity index (χ4v) is 3.63. The van der Waals surface area contributed by atoms with Crippen LogP contribution in [0.25, 0.3) is 0 Å². The van der Waals surface area contributed by atoms with Gasteiger partial charge in [-0.05, 0) is 62.7 Å². The quantitative estimate of drug-likeness (QED) is 0.494. The van der Waals surface area contributed by atoms with Gasteiger partial charge >= 0.3 is 5.97 Å². The van der Waals surface area contributed by atoms with Gasteiger partial charge in [0.1, 0.15) is 11.5 Å². The Bertz CT molecular complexity index is 1070. The molecular formula is C23H30N2O7S. The predicted octanol–water partition coefficient (Wildman–Crippen LogP) is 2.98. The van der Waals surface area contributed by atoms with Crippen LogP contribution in [0.4, 0.5) is 5.69 Å². The molecule has 1 N–H and O–H groups in total. The van der Waals surface area contributed by atoms with E-state index in [4.69, 9.17) is 14.2 Å². The molecule has 0 aromatic heterocycles. The van der Waals surface area contributed by atoms with Gasteiger partial charge in [-0.1, -0.05) is 6.07 Å². The van der Waals surface area contributed by atoms with Crippen molar-refractivity contribution in [2.24, 2.45) is 0 Å². The Labute approximate surface area is 194 Å². The van der Waals surface area contributed by atoms with Crippen LogP contribution in [-0.4, -0.2) is 58.0 Å². The Morgan fingerprint density at radius 2 is 1.64 bits per heavy atom. The number of aryl methyl sites for hydroxylation is 1. The monoisotopic (exact) mass is 478 g/mol. The van der Waals surface area contributed by atoms with E-state index in [2.05, 4.69) is 5.32 Å². The Morgan fingerprint density at radius 1 is 1.03 bits per heavy atom. The lowest BCUT2D eigenvalue weighted by atomic mass is 10.2. The summed E-state index contributed by atoms with van der Waals surface area (Å²) in [6, 6.07) is 11.4. The lowest BCUT2D eigenvalue weighted by Gasteiger charge is -2.17. The number of hydrogen-bond acceptors (Lipinski definition) is 7. The minimum atomic E-state index is -3.65. The zero-order valence-corrected chi connectivity index (χ0v) is 20.3. The zero-order valence-electron chi connectivity index (χ0n) is 19.5. The third-order valence-electron chi connectivity index (χ3n) is 4.63. The third kappa shape index (κ3) is 7.47. The van der Waals surface area contributed by atoms with Crippen molar-refractivity contribution in [3.63, 3.8) is 0 Å². The normalized spacial score (nSPS) is 12.2. The van der Waals surface area contributed by atoms with Crippen LogP contribution in [0, 0.1) is 6.92 Å². The molecule has 180 valence electrons. The van der Waals surface area contributed by atoms with Gasteiger partial charge in [-0.3, -0.25) is 9.59 Å². The topological polar surface area (TPSA) is 111 Å². The number of rotatable bonds is 11. The largest absolute Gasteiger partial charge is 0.494 e. The van der Waals surface area contributed by atoms with E-state index in [-0.39, 0.29) is 17.9 Å². The maximum Gasteiger partial charge on any atom is 0.310 e. The van der Waals surface area contributed by atoms with Gasteiger partial charge in [0.05, 0.1) is 24.5 Å². The van der Waals surface area contributed by atoms with Gasteiger partial charge < -0.3 is 19.5 Å². The Balaban J connectivity index is 1.88. The molecule has 0 aliphatic rings. The first-order valence-corrected chi connectivity index (χ1v) is 11.9. The van der Waals surface area contributed by atoms with E-state index in [1.54, 1.807) is 37.3 Å². The van der Waals surface area contributed by atoms with E-state index < -0.39 is 28.0 Å². The molecule has 9 nitrogen and oxygen atoms in total. The predicted molar refractivity (Wildman–Crippen MR) is 124 cm³/mol. The summed E-state index contributed by atoms with van der Waals surface area (Å²) in [5.41, 5.74) is 0.994. The molecule has 33 heavy (non-hydrogen) atoms. The van der Waals surface area contributed by atoms with Crippen LogP contribution in [-0.2, 0) is 24.3 Å². The Kier molecular flexibility index (Phi) is 9.24. The summed E-state index contributed by atoms with van der Waals surface area (Å²) in [4.78, 5) is 24.6. The molecule has 1 amide bonds. The molecule has 0 aliphatic carbocycles. The lowest BCUT2D eigenvalue weighted by Crippen LogP contribution is -2.30. The van der Waals surface area contributed by atoms with E-state index in [1.807, 2.05) is 6.92 Å². The fourth-order valence-electron chi connectivity index (χ4n) is 2.70. The standard InChI is InChI=1S/C23H30N2O7S/c1-6-30-18-8-10-19(11-9-18)31-14-13-22(26)32-17(3)23(27)24-21-15-20(12-7-16(21)2)33(28,29)25(4)5/h7-12,15,17H,6,13-14H2,1-5H3,(H,24,27)/t17-/m1/s1. The van der Waals surface area contributed by atoms with Crippen molar-refractivity contribution in [1.29, 1.82) is 0 Å². The molecule has 2 rings (SSSR count). The molecule has 0 unspecified atom stereocenters. The molecule has 0 spiro atoms. The summed E-state index contributed by atoms with van der Waals surface area (Å²) >= 11 is 0. The minimum Gasteiger partial charge on any atom is -0.494 e. The van der Waals surface area contributed by atoms with Crippen LogP contribution < -0.4 is 14.8 Å². The van der Waals surface area contributed by atoms with Crippen molar-refractivity contribution >= 4 is 27.6 Å². The van der Waals surface area contributed by atoms with Crippen molar-refractivity contribution in [3.05, 3.63) is 48.0 Å². The van der Waals surface area contributed by atoms with Gasteiger partial charge in [0, 0.05) is 19.8 Å². The molecule has 0 fully saturated rings. The van der Waals surface area contributed by atoms with Crippen LogP contribution >= 0.6 is 0 Å². The molecule has 0 saturated carbocycles. The Hall–Kier alpha value is -3.11. The van der Waals surface area contributed by atoms with Crippen molar-refractivity contribution in [3.8, 4) is 11.5 Å². The van der Waals surface area contributed by atoms with E-state index >= 15 is 0 Å².